The van der Waals surface area contributed by atoms with Gasteiger partial charge in [0.1, 0.15) is 5.82 Å². The van der Waals surface area contributed by atoms with E-state index in [4.69, 9.17) is 0 Å². The van der Waals surface area contributed by atoms with Gasteiger partial charge in [-0.05, 0) is 12.8 Å². The van der Waals surface area contributed by atoms with Crippen molar-refractivity contribution in [2.24, 2.45) is 4.99 Å². The van der Waals surface area contributed by atoms with Gasteiger partial charge in [-0.3, -0.25) is 4.99 Å². The van der Waals surface area contributed by atoms with Crippen LogP contribution < -0.4 is 10.6 Å². The fourth-order valence-corrected chi connectivity index (χ4v) is 2.21. The third-order valence-electron chi connectivity index (χ3n) is 3.27. The first-order valence-corrected chi connectivity index (χ1v) is 6.92. The first kappa shape index (κ1) is 15.6. The number of halogens is 3. The van der Waals surface area contributed by atoms with Crippen molar-refractivity contribution in [1.82, 2.24) is 25.4 Å². The predicted molar refractivity (Wildman–Crippen MR) is 71.8 cm³/mol. The average molecular weight is 304 g/mol. The topological polar surface area (TPSA) is 67.1 Å². The Labute approximate surface area is 120 Å². The van der Waals surface area contributed by atoms with Crippen LogP contribution in [0.15, 0.2) is 4.99 Å². The number of rotatable bonds is 4. The quantitative estimate of drug-likeness (QED) is 0.648. The highest BCUT2D eigenvalue weighted by Crippen LogP contribution is 2.18. The van der Waals surface area contributed by atoms with Gasteiger partial charge in [0.25, 0.3) is 0 Å². The van der Waals surface area contributed by atoms with Gasteiger partial charge in [0, 0.05) is 26.6 Å². The van der Waals surface area contributed by atoms with Crippen molar-refractivity contribution >= 4 is 5.96 Å². The van der Waals surface area contributed by atoms with Gasteiger partial charge in [-0.1, -0.05) is 0 Å². The molecule has 118 valence electrons. The largest absolute Gasteiger partial charge is 0.390 e. The Morgan fingerprint density at radius 3 is 2.81 bits per heavy atom. The minimum atomic E-state index is -4.17. The average Bonchev–Trinajstić information content (AvgIpc) is 2.85. The number of hydrogen-bond acceptors (Lipinski definition) is 3. The van der Waals surface area contributed by atoms with E-state index in [-0.39, 0.29) is 6.54 Å². The lowest BCUT2D eigenvalue weighted by Gasteiger charge is -2.16. The molecule has 1 aromatic heterocycles. The molecular weight excluding hydrogens is 285 g/mol. The maximum Gasteiger partial charge on any atom is 0.390 e. The van der Waals surface area contributed by atoms with E-state index in [0.717, 1.165) is 37.5 Å². The fraction of sp³-hybridized carbons (Fsp3) is 0.750. The van der Waals surface area contributed by atoms with Gasteiger partial charge < -0.3 is 15.2 Å². The molecule has 0 aromatic carbocycles. The molecule has 0 atom stereocenters. The summed E-state index contributed by atoms with van der Waals surface area (Å²) in [4.78, 5) is 3.89. The standard InChI is InChI=1S/C12H19F3N6/c1-16-11(17-6-5-12(13,14)15)18-8-10-20-19-9-4-2-3-7-21(9)10/h2-8H2,1H3,(H2,16,17,18). The molecule has 0 amide bonds. The van der Waals surface area contributed by atoms with Crippen molar-refractivity contribution in [3.05, 3.63) is 11.6 Å². The minimum absolute atomic E-state index is 0.207. The van der Waals surface area contributed by atoms with E-state index < -0.39 is 12.6 Å². The number of aliphatic imine (C=N–C) groups is 1. The second-order valence-electron chi connectivity index (χ2n) is 4.86. The summed E-state index contributed by atoms with van der Waals surface area (Å²) in [5.41, 5.74) is 0. The van der Waals surface area contributed by atoms with Crippen LogP contribution >= 0.6 is 0 Å². The Kier molecular flexibility index (Phi) is 5.03. The van der Waals surface area contributed by atoms with Crippen molar-refractivity contribution in [3.63, 3.8) is 0 Å². The van der Waals surface area contributed by atoms with Crippen LogP contribution in [-0.4, -0.2) is 40.5 Å². The molecule has 1 aliphatic rings. The van der Waals surface area contributed by atoms with Gasteiger partial charge >= 0.3 is 6.18 Å². The van der Waals surface area contributed by atoms with Crippen LogP contribution in [-0.2, 0) is 19.5 Å². The zero-order valence-corrected chi connectivity index (χ0v) is 11.9. The van der Waals surface area contributed by atoms with E-state index in [0.29, 0.717) is 12.5 Å². The number of guanidine groups is 1. The Bertz CT molecular complexity index is 494. The SMILES string of the molecule is CN=C(NCCC(F)(F)F)NCc1nnc2n1CCCC2. The summed E-state index contributed by atoms with van der Waals surface area (Å²) in [6.07, 6.45) is -1.93. The van der Waals surface area contributed by atoms with Crippen molar-refractivity contribution in [1.29, 1.82) is 0 Å². The van der Waals surface area contributed by atoms with Crippen LogP contribution in [0.3, 0.4) is 0 Å². The molecule has 6 nitrogen and oxygen atoms in total. The molecule has 0 aliphatic carbocycles. The molecule has 0 fully saturated rings. The van der Waals surface area contributed by atoms with E-state index in [1.54, 1.807) is 0 Å². The van der Waals surface area contributed by atoms with Crippen molar-refractivity contribution in [2.75, 3.05) is 13.6 Å². The van der Waals surface area contributed by atoms with E-state index in [1.165, 1.54) is 7.05 Å². The first-order chi connectivity index (χ1) is 9.99. The smallest absolute Gasteiger partial charge is 0.356 e. The molecule has 2 heterocycles. The number of fused-ring (bicyclic) bond motifs is 1. The molecule has 0 bridgehead atoms. The maximum atomic E-state index is 12.1. The Morgan fingerprint density at radius 1 is 1.29 bits per heavy atom. The van der Waals surface area contributed by atoms with E-state index in [2.05, 4.69) is 30.4 Å². The van der Waals surface area contributed by atoms with E-state index >= 15 is 0 Å². The lowest BCUT2D eigenvalue weighted by Crippen LogP contribution is -2.39. The van der Waals surface area contributed by atoms with Crippen LogP contribution in [0.5, 0.6) is 0 Å². The number of nitrogens with one attached hydrogen (secondary N) is 2. The molecule has 0 saturated heterocycles. The van der Waals surface area contributed by atoms with Gasteiger partial charge in [0.2, 0.25) is 0 Å². The molecule has 1 aromatic rings. The zero-order valence-electron chi connectivity index (χ0n) is 11.9. The lowest BCUT2D eigenvalue weighted by atomic mass is 10.2. The highest BCUT2D eigenvalue weighted by atomic mass is 19.4. The summed E-state index contributed by atoms with van der Waals surface area (Å²) in [6, 6.07) is 0. The van der Waals surface area contributed by atoms with Crippen LogP contribution in [0.25, 0.3) is 0 Å². The van der Waals surface area contributed by atoms with Crippen LogP contribution in [0, 0.1) is 0 Å². The molecule has 0 unspecified atom stereocenters. The summed E-state index contributed by atoms with van der Waals surface area (Å²) in [5.74, 6) is 2.08. The molecule has 9 heteroatoms. The van der Waals surface area contributed by atoms with Crippen molar-refractivity contribution < 1.29 is 13.2 Å². The summed E-state index contributed by atoms with van der Waals surface area (Å²) in [5, 5.41) is 13.8. The molecule has 21 heavy (non-hydrogen) atoms. The molecule has 2 rings (SSSR count). The van der Waals surface area contributed by atoms with Gasteiger partial charge in [-0.2, -0.15) is 13.2 Å². The Morgan fingerprint density at radius 2 is 2.10 bits per heavy atom. The number of hydrogen-bond donors (Lipinski definition) is 2. The van der Waals surface area contributed by atoms with Gasteiger partial charge in [-0.15, -0.1) is 10.2 Å². The van der Waals surface area contributed by atoms with Crippen molar-refractivity contribution in [2.45, 2.75) is 44.9 Å². The van der Waals surface area contributed by atoms with Crippen LogP contribution in [0.4, 0.5) is 13.2 Å². The van der Waals surface area contributed by atoms with Crippen LogP contribution in [0.2, 0.25) is 0 Å². The molecule has 2 N–H and O–H groups in total. The van der Waals surface area contributed by atoms with E-state index in [9.17, 15) is 13.2 Å². The van der Waals surface area contributed by atoms with Gasteiger partial charge in [0.05, 0.1) is 13.0 Å². The number of alkyl halides is 3. The van der Waals surface area contributed by atoms with Crippen LogP contribution in [0.1, 0.15) is 30.9 Å². The Balaban J connectivity index is 1.82. The molecule has 1 aliphatic heterocycles. The lowest BCUT2D eigenvalue weighted by molar-refractivity contribution is -0.132. The monoisotopic (exact) mass is 304 g/mol. The molecule has 0 radical (unpaired) electrons. The molecule has 0 saturated carbocycles. The number of aromatic nitrogens is 3. The highest BCUT2D eigenvalue weighted by Gasteiger charge is 2.26. The maximum absolute atomic E-state index is 12.1. The highest BCUT2D eigenvalue weighted by molar-refractivity contribution is 5.79. The third-order valence-corrected chi connectivity index (χ3v) is 3.27. The van der Waals surface area contributed by atoms with E-state index in [1.807, 2.05) is 0 Å². The number of nitrogens with zero attached hydrogens (tertiary/aromatic N) is 4. The summed E-state index contributed by atoms with van der Waals surface area (Å²) in [6.45, 7) is 1.07. The fourth-order valence-electron chi connectivity index (χ4n) is 2.21. The first-order valence-electron chi connectivity index (χ1n) is 6.92. The summed E-state index contributed by atoms with van der Waals surface area (Å²) < 4.78 is 38.3. The second-order valence-corrected chi connectivity index (χ2v) is 4.86. The summed E-state index contributed by atoms with van der Waals surface area (Å²) >= 11 is 0. The van der Waals surface area contributed by atoms with Gasteiger partial charge in [0.15, 0.2) is 11.8 Å². The normalized spacial score (nSPS) is 15.7. The third kappa shape index (κ3) is 4.61. The molecular formula is C12H19F3N6. The minimum Gasteiger partial charge on any atom is -0.356 e. The van der Waals surface area contributed by atoms with Gasteiger partial charge in [-0.25, -0.2) is 0 Å². The zero-order chi connectivity index (χ0) is 15.3. The molecule has 0 spiro atoms. The second kappa shape index (κ2) is 6.77. The Hall–Kier alpha value is -1.80. The number of aryl methyl sites for hydroxylation is 1. The van der Waals surface area contributed by atoms with Crippen molar-refractivity contribution in [3.8, 4) is 0 Å². The predicted octanol–water partition coefficient (Wildman–Crippen LogP) is 1.23. The summed E-state index contributed by atoms with van der Waals surface area (Å²) in [7, 11) is 1.52.